The molecule has 0 aromatic heterocycles. The molecule has 1 heterocycles. The molecule has 1 aliphatic heterocycles. The highest BCUT2D eigenvalue weighted by Crippen LogP contribution is 2.30. The third-order valence-electron chi connectivity index (χ3n) is 1.91. The Morgan fingerprint density at radius 1 is 1.67 bits per heavy atom. The Bertz CT molecular complexity index is 172. The van der Waals surface area contributed by atoms with Gasteiger partial charge in [-0.25, -0.2) is 0 Å². The number of rotatable bonds is 0. The molecular formula is C7H8O2. The molecule has 2 atom stereocenters. The number of hydrogen-bond donors (Lipinski definition) is 0. The van der Waals surface area contributed by atoms with Gasteiger partial charge in [0, 0.05) is 12.3 Å². The molecule has 0 aromatic rings. The normalized spacial score (nSPS) is 38.9. The lowest BCUT2D eigenvalue weighted by atomic mass is 10.1. The van der Waals surface area contributed by atoms with Crippen LogP contribution in [-0.2, 0) is 9.53 Å². The van der Waals surface area contributed by atoms with Crippen LogP contribution in [-0.4, -0.2) is 12.1 Å². The Balaban J connectivity index is 2.17. The van der Waals surface area contributed by atoms with Crippen LogP contribution < -0.4 is 0 Å². The molecule has 0 radical (unpaired) electrons. The monoisotopic (exact) mass is 124 g/mol. The standard InChI is InChI=1S/C7H8O2/c8-7-4-5-2-1-3-6(5)9-7/h1-2,5-6H,3-4H2/t5-,6-/m0/s1. The fraction of sp³-hybridized carbons (Fsp3) is 0.571. The van der Waals surface area contributed by atoms with E-state index in [9.17, 15) is 4.79 Å². The Morgan fingerprint density at radius 2 is 2.56 bits per heavy atom. The summed E-state index contributed by atoms with van der Waals surface area (Å²) in [7, 11) is 0. The van der Waals surface area contributed by atoms with E-state index in [-0.39, 0.29) is 12.1 Å². The topological polar surface area (TPSA) is 26.3 Å². The molecule has 0 N–H and O–H groups in total. The molecule has 1 fully saturated rings. The fourth-order valence-electron chi connectivity index (χ4n) is 1.43. The van der Waals surface area contributed by atoms with E-state index in [1.165, 1.54) is 0 Å². The summed E-state index contributed by atoms with van der Waals surface area (Å²) in [6, 6.07) is 0. The molecule has 0 bridgehead atoms. The van der Waals surface area contributed by atoms with Crippen molar-refractivity contribution in [3.05, 3.63) is 12.2 Å². The van der Waals surface area contributed by atoms with Gasteiger partial charge in [-0.15, -0.1) is 0 Å². The van der Waals surface area contributed by atoms with E-state index in [4.69, 9.17) is 4.74 Å². The van der Waals surface area contributed by atoms with Crippen molar-refractivity contribution in [1.82, 2.24) is 0 Å². The molecule has 1 aliphatic carbocycles. The van der Waals surface area contributed by atoms with Gasteiger partial charge in [-0.1, -0.05) is 12.2 Å². The van der Waals surface area contributed by atoms with E-state index < -0.39 is 0 Å². The van der Waals surface area contributed by atoms with Gasteiger partial charge in [0.2, 0.25) is 0 Å². The number of carbonyl (C=O) groups excluding carboxylic acids is 1. The van der Waals surface area contributed by atoms with Gasteiger partial charge < -0.3 is 4.74 Å². The van der Waals surface area contributed by atoms with E-state index in [2.05, 4.69) is 12.2 Å². The van der Waals surface area contributed by atoms with Crippen LogP contribution in [0.5, 0.6) is 0 Å². The van der Waals surface area contributed by atoms with Crippen LogP contribution in [0.2, 0.25) is 0 Å². The number of esters is 1. The second-order valence-corrected chi connectivity index (χ2v) is 2.56. The maximum atomic E-state index is 10.6. The Labute approximate surface area is 53.5 Å². The number of hydrogen-bond acceptors (Lipinski definition) is 2. The number of ether oxygens (including phenoxy) is 1. The van der Waals surface area contributed by atoms with Crippen LogP contribution in [0.1, 0.15) is 12.8 Å². The maximum absolute atomic E-state index is 10.6. The van der Waals surface area contributed by atoms with Crippen LogP contribution >= 0.6 is 0 Å². The second kappa shape index (κ2) is 1.59. The SMILES string of the molecule is O=C1C[C@@H]2C=CC[C@@H]2O1. The first kappa shape index (κ1) is 5.03. The average Bonchev–Trinajstić information content (AvgIpc) is 2.22. The summed E-state index contributed by atoms with van der Waals surface area (Å²) < 4.78 is 4.98. The zero-order valence-electron chi connectivity index (χ0n) is 5.04. The molecule has 0 saturated carbocycles. The first-order valence-electron chi connectivity index (χ1n) is 3.22. The average molecular weight is 124 g/mol. The third-order valence-corrected chi connectivity index (χ3v) is 1.91. The number of carbonyl (C=O) groups is 1. The van der Waals surface area contributed by atoms with Gasteiger partial charge in [-0.3, -0.25) is 4.79 Å². The predicted molar refractivity (Wildman–Crippen MR) is 31.7 cm³/mol. The van der Waals surface area contributed by atoms with E-state index >= 15 is 0 Å². The summed E-state index contributed by atoms with van der Waals surface area (Å²) in [5.74, 6) is 0.367. The number of fused-ring (bicyclic) bond motifs is 1. The van der Waals surface area contributed by atoms with Gasteiger partial charge in [0.05, 0.1) is 6.42 Å². The van der Waals surface area contributed by atoms with Gasteiger partial charge >= 0.3 is 5.97 Å². The highest BCUT2D eigenvalue weighted by atomic mass is 16.5. The molecule has 1 saturated heterocycles. The highest BCUT2D eigenvalue weighted by Gasteiger charge is 2.34. The van der Waals surface area contributed by atoms with Crippen LogP contribution in [0.15, 0.2) is 12.2 Å². The van der Waals surface area contributed by atoms with Crippen LogP contribution in [0.3, 0.4) is 0 Å². The van der Waals surface area contributed by atoms with E-state index in [1.54, 1.807) is 0 Å². The van der Waals surface area contributed by atoms with Crippen LogP contribution in [0.4, 0.5) is 0 Å². The van der Waals surface area contributed by atoms with Crippen molar-refractivity contribution in [2.75, 3.05) is 0 Å². The Morgan fingerprint density at radius 3 is 3.33 bits per heavy atom. The molecule has 48 valence electrons. The van der Waals surface area contributed by atoms with Gasteiger partial charge in [0.15, 0.2) is 0 Å². The predicted octanol–water partition coefficient (Wildman–Crippen LogP) is 0.878. The molecule has 2 aliphatic rings. The molecule has 2 rings (SSSR count). The Hall–Kier alpha value is -0.790. The summed E-state index contributed by atoms with van der Waals surface area (Å²) >= 11 is 0. The Kier molecular flexibility index (Phi) is 0.891. The lowest BCUT2D eigenvalue weighted by Gasteiger charge is -2.03. The molecule has 2 nitrogen and oxygen atoms in total. The van der Waals surface area contributed by atoms with E-state index in [1.807, 2.05) is 0 Å². The maximum Gasteiger partial charge on any atom is 0.306 e. The van der Waals surface area contributed by atoms with E-state index in [0.717, 1.165) is 6.42 Å². The van der Waals surface area contributed by atoms with Crippen molar-refractivity contribution in [2.45, 2.75) is 18.9 Å². The molecule has 0 spiro atoms. The van der Waals surface area contributed by atoms with Crippen molar-refractivity contribution in [3.8, 4) is 0 Å². The molecule has 9 heavy (non-hydrogen) atoms. The first-order valence-corrected chi connectivity index (χ1v) is 3.22. The van der Waals surface area contributed by atoms with Crippen molar-refractivity contribution < 1.29 is 9.53 Å². The summed E-state index contributed by atoms with van der Waals surface area (Å²) in [6.45, 7) is 0. The minimum absolute atomic E-state index is 0.0330. The van der Waals surface area contributed by atoms with E-state index in [0.29, 0.717) is 12.3 Å². The zero-order valence-corrected chi connectivity index (χ0v) is 5.04. The largest absolute Gasteiger partial charge is 0.461 e. The molecule has 0 aromatic carbocycles. The van der Waals surface area contributed by atoms with Crippen molar-refractivity contribution in [2.24, 2.45) is 5.92 Å². The zero-order chi connectivity index (χ0) is 6.27. The molecule has 0 amide bonds. The second-order valence-electron chi connectivity index (χ2n) is 2.56. The molecular weight excluding hydrogens is 116 g/mol. The third kappa shape index (κ3) is 0.661. The minimum Gasteiger partial charge on any atom is -0.461 e. The summed E-state index contributed by atoms with van der Waals surface area (Å²) in [6.07, 6.45) is 5.88. The smallest absolute Gasteiger partial charge is 0.306 e. The molecule has 0 unspecified atom stereocenters. The summed E-state index contributed by atoms with van der Waals surface area (Å²) in [4.78, 5) is 10.6. The quantitative estimate of drug-likeness (QED) is 0.354. The van der Waals surface area contributed by atoms with Crippen LogP contribution in [0.25, 0.3) is 0 Å². The highest BCUT2D eigenvalue weighted by molar-refractivity contribution is 5.72. The lowest BCUT2D eigenvalue weighted by Crippen LogP contribution is -2.07. The minimum atomic E-state index is -0.0330. The van der Waals surface area contributed by atoms with Crippen molar-refractivity contribution >= 4 is 5.97 Å². The summed E-state index contributed by atoms with van der Waals surface area (Å²) in [5, 5.41) is 0. The first-order chi connectivity index (χ1) is 4.36. The van der Waals surface area contributed by atoms with Crippen molar-refractivity contribution in [3.63, 3.8) is 0 Å². The molecule has 2 heteroatoms. The van der Waals surface area contributed by atoms with Gasteiger partial charge in [0.1, 0.15) is 6.10 Å². The lowest BCUT2D eigenvalue weighted by molar-refractivity contribution is -0.141. The fourth-order valence-corrected chi connectivity index (χ4v) is 1.43. The van der Waals surface area contributed by atoms with Gasteiger partial charge in [-0.2, -0.15) is 0 Å². The van der Waals surface area contributed by atoms with Crippen LogP contribution in [0, 0.1) is 5.92 Å². The van der Waals surface area contributed by atoms with Gasteiger partial charge in [-0.05, 0) is 0 Å². The van der Waals surface area contributed by atoms with Gasteiger partial charge in [0.25, 0.3) is 0 Å². The van der Waals surface area contributed by atoms with Crippen molar-refractivity contribution in [1.29, 1.82) is 0 Å². The summed E-state index contributed by atoms with van der Waals surface area (Å²) in [5.41, 5.74) is 0.